The van der Waals surface area contributed by atoms with Crippen LogP contribution in [0.15, 0.2) is 48.7 Å². The van der Waals surface area contributed by atoms with Crippen LogP contribution in [0.4, 0.5) is 0 Å². The molecule has 0 N–H and O–H groups in total. The number of nitrogens with zero attached hydrogens (tertiary/aromatic N) is 1. The number of ether oxygens (including phenoxy) is 1. The average molecular weight is 213 g/mol. The highest BCUT2D eigenvalue weighted by Gasteiger charge is 1.95. The maximum atomic E-state index is 5.60. The average Bonchev–Trinajstić information content (AvgIpc) is 2.33. The summed E-state index contributed by atoms with van der Waals surface area (Å²) in [4.78, 5) is 4.18. The van der Waals surface area contributed by atoms with Crippen molar-refractivity contribution < 1.29 is 4.74 Å². The number of rotatable bonds is 4. The summed E-state index contributed by atoms with van der Waals surface area (Å²) in [5, 5.41) is 0. The maximum Gasteiger partial charge on any atom is 0.137 e. The van der Waals surface area contributed by atoms with Crippen molar-refractivity contribution in [3.8, 4) is 5.75 Å². The third-order valence-corrected chi connectivity index (χ3v) is 2.39. The first-order valence-electron chi connectivity index (χ1n) is 5.44. The lowest BCUT2D eigenvalue weighted by Crippen LogP contribution is -2.01. The second-order valence-corrected chi connectivity index (χ2v) is 3.72. The molecule has 0 aliphatic carbocycles. The molecule has 0 fully saturated rings. The lowest BCUT2D eigenvalue weighted by atomic mass is 10.2. The van der Waals surface area contributed by atoms with Crippen LogP contribution in [0, 0.1) is 6.92 Å². The first kappa shape index (κ1) is 10.7. The predicted molar refractivity (Wildman–Crippen MR) is 64.6 cm³/mol. The van der Waals surface area contributed by atoms with E-state index in [9.17, 15) is 0 Å². The minimum absolute atomic E-state index is 0.689. The van der Waals surface area contributed by atoms with E-state index >= 15 is 0 Å². The van der Waals surface area contributed by atoms with Crippen molar-refractivity contribution in [1.82, 2.24) is 4.98 Å². The van der Waals surface area contributed by atoms with E-state index in [-0.39, 0.29) is 0 Å². The number of pyridine rings is 1. The second-order valence-electron chi connectivity index (χ2n) is 3.72. The highest BCUT2D eigenvalue weighted by molar-refractivity contribution is 5.19. The van der Waals surface area contributed by atoms with E-state index in [1.807, 2.05) is 37.3 Å². The Morgan fingerprint density at radius 1 is 1.06 bits per heavy atom. The van der Waals surface area contributed by atoms with E-state index < -0.39 is 0 Å². The molecule has 2 rings (SSSR count). The van der Waals surface area contributed by atoms with Gasteiger partial charge in [-0.1, -0.05) is 30.3 Å². The van der Waals surface area contributed by atoms with Gasteiger partial charge in [-0.15, -0.1) is 0 Å². The summed E-state index contributed by atoms with van der Waals surface area (Å²) in [5.41, 5.74) is 2.30. The van der Waals surface area contributed by atoms with Crippen LogP contribution in [0.5, 0.6) is 5.75 Å². The fourth-order valence-electron chi connectivity index (χ4n) is 1.47. The van der Waals surface area contributed by atoms with Crippen molar-refractivity contribution in [2.75, 3.05) is 6.61 Å². The molecule has 0 spiro atoms. The molecule has 2 aromatic rings. The first-order chi connectivity index (χ1) is 7.84. The molecule has 2 heteroatoms. The van der Waals surface area contributed by atoms with E-state index in [1.165, 1.54) is 5.56 Å². The quantitative estimate of drug-likeness (QED) is 0.778. The predicted octanol–water partition coefficient (Wildman–Crippen LogP) is 3.01. The largest absolute Gasteiger partial charge is 0.492 e. The Morgan fingerprint density at radius 2 is 1.88 bits per heavy atom. The molecule has 1 aromatic heterocycles. The van der Waals surface area contributed by atoms with Gasteiger partial charge < -0.3 is 4.74 Å². The highest BCUT2D eigenvalue weighted by atomic mass is 16.5. The molecule has 1 heterocycles. The summed E-state index contributed by atoms with van der Waals surface area (Å²) in [6.07, 6.45) is 2.69. The zero-order chi connectivity index (χ0) is 11.2. The van der Waals surface area contributed by atoms with Crippen LogP contribution in [0.25, 0.3) is 0 Å². The Balaban J connectivity index is 1.82. The minimum atomic E-state index is 0.689. The smallest absolute Gasteiger partial charge is 0.137 e. The molecule has 16 heavy (non-hydrogen) atoms. The van der Waals surface area contributed by atoms with E-state index in [0.717, 1.165) is 17.9 Å². The summed E-state index contributed by atoms with van der Waals surface area (Å²) in [7, 11) is 0. The Kier molecular flexibility index (Phi) is 3.54. The standard InChI is InChI=1S/C14H15NO/c1-12-7-8-14(11-15-12)16-10-9-13-5-3-2-4-6-13/h2-8,11H,9-10H2,1H3. The summed E-state index contributed by atoms with van der Waals surface area (Å²) < 4.78 is 5.60. The van der Waals surface area contributed by atoms with Gasteiger partial charge in [0.05, 0.1) is 12.8 Å². The van der Waals surface area contributed by atoms with Crippen molar-refractivity contribution in [3.05, 3.63) is 59.9 Å². The van der Waals surface area contributed by atoms with E-state index in [1.54, 1.807) is 6.20 Å². The second kappa shape index (κ2) is 5.31. The zero-order valence-electron chi connectivity index (χ0n) is 9.39. The molecule has 0 amide bonds. The topological polar surface area (TPSA) is 22.1 Å². The van der Waals surface area contributed by atoms with Crippen LogP contribution in [0.3, 0.4) is 0 Å². The van der Waals surface area contributed by atoms with E-state index in [2.05, 4.69) is 17.1 Å². The molecular formula is C14H15NO. The fourth-order valence-corrected chi connectivity index (χ4v) is 1.47. The molecule has 0 aliphatic heterocycles. The molecule has 0 radical (unpaired) electrons. The Hall–Kier alpha value is -1.83. The van der Waals surface area contributed by atoms with Crippen LogP contribution in [-0.2, 0) is 6.42 Å². The van der Waals surface area contributed by atoms with Crippen LogP contribution >= 0.6 is 0 Å². The van der Waals surface area contributed by atoms with Crippen molar-refractivity contribution >= 4 is 0 Å². The molecule has 0 saturated carbocycles. The Labute approximate surface area is 95.9 Å². The van der Waals surface area contributed by atoms with Gasteiger partial charge in [-0.2, -0.15) is 0 Å². The summed E-state index contributed by atoms with van der Waals surface area (Å²) in [5.74, 6) is 0.835. The van der Waals surface area contributed by atoms with Crippen LogP contribution in [0.1, 0.15) is 11.3 Å². The van der Waals surface area contributed by atoms with Gasteiger partial charge in [0.1, 0.15) is 5.75 Å². The molecule has 0 saturated heterocycles. The van der Waals surface area contributed by atoms with Gasteiger partial charge in [0.25, 0.3) is 0 Å². The number of benzene rings is 1. The number of hydrogen-bond donors (Lipinski definition) is 0. The van der Waals surface area contributed by atoms with E-state index in [4.69, 9.17) is 4.74 Å². The van der Waals surface area contributed by atoms with Crippen LogP contribution in [-0.4, -0.2) is 11.6 Å². The lowest BCUT2D eigenvalue weighted by Gasteiger charge is -2.05. The van der Waals surface area contributed by atoms with Gasteiger partial charge in [0, 0.05) is 12.1 Å². The molecule has 0 aliphatic rings. The molecule has 0 bridgehead atoms. The molecule has 1 aromatic carbocycles. The van der Waals surface area contributed by atoms with Gasteiger partial charge in [-0.05, 0) is 24.6 Å². The van der Waals surface area contributed by atoms with Crippen molar-refractivity contribution in [1.29, 1.82) is 0 Å². The van der Waals surface area contributed by atoms with Crippen molar-refractivity contribution in [3.63, 3.8) is 0 Å². The molecule has 82 valence electrons. The monoisotopic (exact) mass is 213 g/mol. The summed E-state index contributed by atoms with van der Waals surface area (Å²) in [6, 6.07) is 14.2. The van der Waals surface area contributed by atoms with Gasteiger partial charge >= 0.3 is 0 Å². The third kappa shape index (κ3) is 3.09. The number of hydrogen-bond acceptors (Lipinski definition) is 2. The van der Waals surface area contributed by atoms with Gasteiger partial charge in [-0.25, -0.2) is 0 Å². The SMILES string of the molecule is Cc1ccc(OCCc2ccccc2)cn1. The van der Waals surface area contributed by atoms with Crippen LogP contribution < -0.4 is 4.74 Å². The normalized spacial score (nSPS) is 10.1. The minimum Gasteiger partial charge on any atom is -0.492 e. The molecule has 2 nitrogen and oxygen atoms in total. The number of aromatic nitrogens is 1. The van der Waals surface area contributed by atoms with Gasteiger partial charge in [0.2, 0.25) is 0 Å². The van der Waals surface area contributed by atoms with Gasteiger partial charge in [0.15, 0.2) is 0 Å². The lowest BCUT2D eigenvalue weighted by molar-refractivity contribution is 0.320. The molecular weight excluding hydrogens is 198 g/mol. The zero-order valence-corrected chi connectivity index (χ0v) is 9.39. The Bertz CT molecular complexity index is 422. The van der Waals surface area contributed by atoms with Gasteiger partial charge in [-0.3, -0.25) is 4.98 Å². The maximum absolute atomic E-state index is 5.60. The van der Waals surface area contributed by atoms with Crippen molar-refractivity contribution in [2.24, 2.45) is 0 Å². The molecule has 0 atom stereocenters. The molecule has 0 unspecified atom stereocenters. The summed E-state index contributed by atoms with van der Waals surface area (Å²) >= 11 is 0. The summed E-state index contributed by atoms with van der Waals surface area (Å²) in [6.45, 7) is 2.66. The third-order valence-electron chi connectivity index (χ3n) is 2.39. The van der Waals surface area contributed by atoms with Crippen molar-refractivity contribution in [2.45, 2.75) is 13.3 Å². The van der Waals surface area contributed by atoms with E-state index in [0.29, 0.717) is 6.61 Å². The first-order valence-corrected chi connectivity index (χ1v) is 5.44. The Morgan fingerprint density at radius 3 is 2.56 bits per heavy atom. The fraction of sp³-hybridized carbons (Fsp3) is 0.214. The number of aryl methyl sites for hydroxylation is 1. The highest BCUT2D eigenvalue weighted by Crippen LogP contribution is 2.09. The van der Waals surface area contributed by atoms with Crippen LogP contribution in [0.2, 0.25) is 0 Å².